The van der Waals surface area contributed by atoms with Crippen LogP contribution in [0.3, 0.4) is 0 Å². The number of anilines is 1. The van der Waals surface area contributed by atoms with E-state index >= 15 is 0 Å². The first-order valence-corrected chi connectivity index (χ1v) is 11.3. The fraction of sp³-hybridized carbons (Fsp3) is 0.227. The van der Waals surface area contributed by atoms with Crippen molar-refractivity contribution >= 4 is 49.2 Å². The number of aryl methyl sites for hydroxylation is 1. The first-order chi connectivity index (χ1) is 14.5. The van der Waals surface area contributed by atoms with E-state index in [1.807, 2.05) is 44.2 Å². The lowest BCUT2D eigenvalue weighted by atomic mass is 9.86. The molecule has 4 aromatic rings. The van der Waals surface area contributed by atoms with E-state index in [0.29, 0.717) is 18.8 Å². The third-order valence-electron chi connectivity index (χ3n) is 5.19. The summed E-state index contributed by atoms with van der Waals surface area (Å²) in [6.07, 6.45) is 0.396. The SMILES string of the molecule is CCOc1ccc2nc(-n3nc(C)c4c3NC(=O)C[C@@H]4c3cccc(Br)c3)sc2c1. The second kappa shape index (κ2) is 7.52. The molecule has 0 spiro atoms. The minimum Gasteiger partial charge on any atom is -0.494 e. The fourth-order valence-electron chi connectivity index (χ4n) is 3.93. The normalized spacial score (nSPS) is 15.8. The molecule has 0 saturated heterocycles. The maximum Gasteiger partial charge on any atom is 0.226 e. The van der Waals surface area contributed by atoms with Crippen LogP contribution < -0.4 is 10.1 Å². The number of fused-ring (bicyclic) bond motifs is 2. The van der Waals surface area contributed by atoms with E-state index in [2.05, 4.69) is 33.4 Å². The Morgan fingerprint density at radius 1 is 1.30 bits per heavy atom. The molecule has 1 aliphatic rings. The van der Waals surface area contributed by atoms with Crippen molar-refractivity contribution in [2.24, 2.45) is 0 Å². The highest BCUT2D eigenvalue weighted by Gasteiger charge is 2.33. The van der Waals surface area contributed by atoms with Crippen molar-refractivity contribution in [3.05, 3.63) is 63.8 Å². The summed E-state index contributed by atoms with van der Waals surface area (Å²) in [5, 5.41) is 8.51. The summed E-state index contributed by atoms with van der Waals surface area (Å²) >= 11 is 5.07. The molecular weight excluding hydrogens is 464 g/mol. The largest absolute Gasteiger partial charge is 0.494 e. The summed E-state index contributed by atoms with van der Waals surface area (Å²) in [7, 11) is 0. The summed E-state index contributed by atoms with van der Waals surface area (Å²) in [5.41, 5.74) is 3.91. The predicted octanol–water partition coefficient (Wildman–Crippen LogP) is 5.43. The molecule has 30 heavy (non-hydrogen) atoms. The number of nitrogens with zero attached hydrogens (tertiary/aromatic N) is 3. The molecule has 0 fully saturated rings. The molecule has 0 aliphatic carbocycles. The van der Waals surface area contributed by atoms with Crippen LogP contribution >= 0.6 is 27.3 Å². The van der Waals surface area contributed by atoms with E-state index in [0.717, 1.165) is 42.4 Å². The van der Waals surface area contributed by atoms with Gasteiger partial charge in [-0.3, -0.25) is 4.79 Å². The highest BCUT2D eigenvalue weighted by molar-refractivity contribution is 9.10. The van der Waals surface area contributed by atoms with Gasteiger partial charge >= 0.3 is 0 Å². The van der Waals surface area contributed by atoms with E-state index in [4.69, 9.17) is 14.8 Å². The molecule has 1 N–H and O–H groups in total. The van der Waals surface area contributed by atoms with Gasteiger partial charge in [-0.15, -0.1) is 0 Å². The summed E-state index contributed by atoms with van der Waals surface area (Å²) in [5.74, 6) is 1.46. The quantitative estimate of drug-likeness (QED) is 0.421. The lowest BCUT2D eigenvalue weighted by Crippen LogP contribution is -2.24. The van der Waals surface area contributed by atoms with Crippen LogP contribution in [0.15, 0.2) is 46.9 Å². The van der Waals surface area contributed by atoms with Crippen LogP contribution in [0.4, 0.5) is 5.82 Å². The van der Waals surface area contributed by atoms with Gasteiger partial charge in [0.05, 0.1) is 22.5 Å². The zero-order valence-electron chi connectivity index (χ0n) is 16.5. The number of hydrogen-bond acceptors (Lipinski definition) is 5. The molecule has 1 atom stereocenters. The molecule has 0 unspecified atom stereocenters. The summed E-state index contributed by atoms with van der Waals surface area (Å²) in [6.45, 7) is 4.57. The monoisotopic (exact) mass is 482 g/mol. The molecular formula is C22H19BrN4O2S. The van der Waals surface area contributed by atoms with Crippen LogP contribution in [0.1, 0.15) is 36.1 Å². The fourth-order valence-corrected chi connectivity index (χ4v) is 5.30. The Hall–Kier alpha value is -2.71. The van der Waals surface area contributed by atoms with Gasteiger partial charge in [-0.05, 0) is 49.7 Å². The Morgan fingerprint density at radius 3 is 2.97 bits per heavy atom. The molecule has 5 rings (SSSR count). The summed E-state index contributed by atoms with van der Waals surface area (Å²) in [6, 6.07) is 14.0. The van der Waals surface area contributed by atoms with E-state index in [1.165, 1.54) is 11.3 Å². The van der Waals surface area contributed by atoms with Crippen molar-refractivity contribution in [2.45, 2.75) is 26.2 Å². The highest BCUT2D eigenvalue weighted by Crippen LogP contribution is 2.41. The molecule has 6 nitrogen and oxygen atoms in total. The standard InChI is InChI=1S/C22H19BrN4O2S/c1-3-29-15-7-8-17-18(10-15)30-22(24-17)27-21-20(12(2)26-27)16(11-19(28)25-21)13-5-4-6-14(23)9-13/h4-10,16H,3,11H2,1-2H3,(H,25,28)/t16-/m1/s1. The minimum atomic E-state index is -0.0427. The average Bonchev–Trinajstić information content (AvgIpc) is 3.28. The molecule has 0 bridgehead atoms. The van der Waals surface area contributed by atoms with Gasteiger partial charge in [-0.2, -0.15) is 9.78 Å². The van der Waals surface area contributed by atoms with Gasteiger partial charge in [0.25, 0.3) is 0 Å². The Labute approximate surface area is 186 Å². The second-order valence-corrected chi connectivity index (χ2v) is 9.10. The molecule has 3 heterocycles. The van der Waals surface area contributed by atoms with E-state index in [-0.39, 0.29) is 11.8 Å². The minimum absolute atomic E-state index is 0.0200. The Morgan fingerprint density at radius 2 is 2.17 bits per heavy atom. The van der Waals surface area contributed by atoms with Gasteiger partial charge in [0.1, 0.15) is 11.6 Å². The third kappa shape index (κ3) is 3.30. The van der Waals surface area contributed by atoms with E-state index < -0.39 is 0 Å². The highest BCUT2D eigenvalue weighted by atomic mass is 79.9. The number of halogens is 1. The van der Waals surface area contributed by atoms with E-state index in [9.17, 15) is 4.79 Å². The topological polar surface area (TPSA) is 69.0 Å². The van der Waals surface area contributed by atoms with Crippen molar-refractivity contribution in [1.29, 1.82) is 0 Å². The molecule has 0 saturated carbocycles. The Kier molecular flexibility index (Phi) is 4.83. The van der Waals surface area contributed by atoms with Gasteiger partial charge in [-0.25, -0.2) is 4.98 Å². The number of carbonyl (C=O) groups excluding carboxylic acids is 1. The maximum absolute atomic E-state index is 12.6. The molecule has 1 amide bonds. The predicted molar refractivity (Wildman–Crippen MR) is 122 cm³/mol. The van der Waals surface area contributed by atoms with Gasteiger partial charge in [0.2, 0.25) is 11.0 Å². The number of ether oxygens (including phenoxy) is 1. The first-order valence-electron chi connectivity index (χ1n) is 9.72. The van der Waals surface area contributed by atoms with Gasteiger partial charge in [-0.1, -0.05) is 39.4 Å². The van der Waals surface area contributed by atoms with Crippen molar-refractivity contribution < 1.29 is 9.53 Å². The number of aromatic nitrogens is 3. The van der Waals surface area contributed by atoms with Crippen LogP contribution in [-0.2, 0) is 4.79 Å². The third-order valence-corrected chi connectivity index (χ3v) is 6.68. The lowest BCUT2D eigenvalue weighted by molar-refractivity contribution is -0.116. The number of benzene rings is 2. The number of rotatable bonds is 4. The van der Waals surface area contributed by atoms with Crippen molar-refractivity contribution in [3.8, 4) is 10.9 Å². The van der Waals surface area contributed by atoms with Crippen molar-refractivity contribution in [3.63, 3.8) is 0 Å². The summed E-state index contributed by atoms with van der Waals surface area (Å²) < 4.78 is 9.38. The number of carbonyl (C=O) groups is 1. The first kappa shape index (κ1) is 19.3. The zero-order valence-corrected chi connectivity index (χ0v) is 18.9. The van der Waals surface area contributed by atoms with Crippen molar-refractivity contribution in [1.82, 2.24) is 14.8 Å². The molecule has 152 valence electrons. The summed E-state index contributed by atoms with van der Waals surface area (Å²) in [4.78, 5) is 17.3. The number of nitrogens with one attached hydrogen (secondary N) is 1. The van der Waals surface area contributed by atoms with Crippen LogP contribution in [0.5, 0.6) is 5.75 Å². The number of hydrogen-bond donors (Lipinski definition) is 1. The van der Waals surface area contributed by atoms with Gasteiger partial charge in [0, 0.05) is 22.4 Å². The van der Waals surface area contributed by atoms with Crippen molar-refractivity contribution in [2.75, 3.05) is 11.9 Å². The zero-order chi connectivity index (χ0) is 20.8. The van der Waals surface area contributed by atoms with Gasteiger partial charge in [0.15, 0.2) is 0 Å². The average molecular weight is 483 g/mol. The van der Waals surface area contributed by atoms with Gasteiger partial charge < -0.3 is 10.1 Å². The van der Waals surface area contributed by atoms with Crippen LogP contribution in [0.2, 0.25) is 0 Å². The molecule has 8 heteroatoms. The lowest BCUT2D eigenvalue weighted by Gasteiger charge is -2.24. The molecule has 1 aliphatic heterocycles. The molecule has 2 aromatic heterocycles. The molecule has 2 aromatic carbocycles. The Bertz CT molecular complexity index is 1280. The number of amides is 1. The maximum atomic E-state index is 12.6. The van der Waals surface area contributed by atoms with Crippen LogP contribution in [-0.4, -0.2) is 27.3 Å². The van der Waals surface area contributed by atoms with Crippen LogP contribution in [0.25, 0.3) is 15.3 Å². The van der Waals surface area contributed by atoms with Crippen LogP contribution in [0, 0.1) is 6.92 Å². The second-order valence-electron chi connectivity index (χ2n) is 7.18. The Balaban J connectivity index is 1.63. The van der Waals surface area contributed by atoms with E-state index in [1.54, 1.807) is 4.68 Å². The smallest absolute Gasteiger partial charge is 0.226 e. The number of thiazole rings is 1. The molecule has 0 radical (unpaired) electrons.